The number of imidazole rings is 1. The number of rotatable bonds is 3. The van der Waals surface area contributed by atoms with Crippen LogP contribution in [0.4, 0.5) is 5.82 Å². The van der Waals surface area contributed by atoms with Crippen LogP contribution in [-0.2, 0) is 0 Å². The Kier molecular flexibility index (Phi) is 3.22. The highest BCUT2D eigenvalue weighted by Gasteiger charge is 2.17. The Bertz CT molecular complexity index is 509. The third-order valence-corrected chi connectivity index (χ3v) is 4.14. The Morgan fingerprint density at radius 1 is 1.28 bits per heavy atom. The molecule has 3 nitrogen and oxygen atoms in total. The van der Waals surface area contributed by atoms with Gasteiger partial charge in [-0.05, 0) is 36.8 Å². The van der Waals surface area contributed by atoms with Crippen LogP contribution in [0.2, 0.25) is 0 Å². The minimum Gasteiger partial charge on any atom is -0.371 e. The second kappa shape index (κ2) is 5.01. The van der Waals surface area contributed by atoms with E-state index in [2.05, 4.69) is 33.8 Å². The molecule has 0 atom stereocenters. The summed E-state index contributed by atoms with van der Waals surface area (Å²) in [6, 6.07) is 6.22. The van der Waals surface area contributed by atoms with E-state index < -0.39 is 0 Å². The van der Waals surface area contributed by atoms with Gasteiger partial charge in [-0.2, -0.15) is 0 Å². The van der Waals surface area contributed by atoms with E-state index in [1.54, 1.807) is 0 Å². The molecule has 0 saturated heterocycles. The van der Waals surface area contributed by atoms with Gasteiger partial charge in [0, 0.05) is 18.9 Å². The number of hydrogen-bond acceptors (Lipinski definition) is 2. The van der Waals surface area contributed by atoms with Gasteiger partial charge in [0.1, 0.15) is 11.5 Å². The Hall–Kier alpha value is -1.51. The molecule has 0 aliphatic heterocycles. The highest BCUT2D eigenvalue weighted by molar-refractivity contribution is 5.49. The van der Waals surface area contributed by atoms with Crippen LogP contribution in [0.5, 0.6) is 0 Å². The minimum absolute atomic E-state index is 0.833. The number of hydrogen-bond donors (Lipinski definition) is 1. The number of fused-ring (bicyclic) bond motifs is 1. The summed E-state index contributed by atoms with van der Waals surface area (Å²) in [5, 5.41) is 3.58. The molecule has 2 aromatic rings. The monoisotopic (exact) mass is 243 g/mol. The smallest absolute Gasteiger partial charge is 0.138 e. The van der Waals surface area contributed by atoms with Crippen molar-refractivity contribution in [2.75, 3.05) is 11.9 Å². The summed E-state index contributed by atoms with van der Waals surface area (Å²) in [5.74, 6) is 2.92. The molecule has 0 spiro atoms. The van der Waals surface area contributed by atoms with Gasteiger partial charge < -0.3 is 5.32 Å². The zero-order chi connectivity index (χ0) is 12.4. The Morgan fingerprint density at radius 2 is 2.11 bits per heavy atom. The molecule has 1 aliphatic carbocycles. The lowest BCUT2D eigenvalue weighted by molar-refractivity contribution is 0.300. The molecule has 0 unspecified atom stereocenters. The maximum atomic E-state index is 4.31. The third kappa shape index (κ3) is 2.35. The average molecular weight is 243 g/mol. The molecular formula is C15H21N3. The van der Waals surface area contributed by atoms with Gasteiger partial charge in [0.05, 0.1) is 0 Å². The van der Waals surface area contributed by atoms with E-state index in [9.17, 15) is 0 Å². The second-order valence-electron chi connectivity index (χ2n) is 5.57. The first kappa shape index (κ1) is 11.6. The van der Waals surface area contributed by atoms with Crippen molar-refractivity contribution in [2.45, 2.75) is 32.6 Å². The first-order valence-corrected chi connectivity index (χ1v) is 6.99. The predicted molar refractivity (Wildman–Crippen MR) is 74.8 cm³/mol. The highest BCUT2D eigenvalue weighted by Crippen LogP contribution is 2.28. The molecule has 1 saturated carbocycles. The lowest BCUT2D eigenvalue weighted by Crippen LogP contribution is -2.20. The van der Waals surface area contributed by atoms with Crippen LogP contribution in [0.15, 0.2) is 30.6 Å². The molecule has 1 fully saturated rings. The number of nitrogens with one attached hydrogen (secondary N) is 1. The molecule has 2 aromatic heterocycles. The van der Waals surface area contributed by atoms with Crippen molar-refractivity contribution in [1.29, 1.82) is 0 Å². The summed E-state index contributed by atoms with van der Waals surface area (Å²) >= 11 is 0. The normalized spacial score (nSPS) is 24.3. The summed E-state index contributed by atoms with van der Waals surface area (Å²) in [4.78, 5) is 4.31. The first-order valence-electron chi connectivity index (χ1n) is 6.99. The molecule has 18 heavy (non-hydrogen) atoms. The van der Waals surface area contributed by atoms with Gasteiger partial charge in [0.25, 0.3) is 0 Å². The van der Waals surface area contributed by atoms with E-state index in [0.717, 1.165) is 29.8 Å². The number of pyridine rings is 1. The van der Waals surface area contributed by atoms with Crippen molar-refractivity contribution in [3.8, 4) is 0 Å². The standard InChI is InChI=1S/C15H21N3/c1-12-5-7-13(8-6-12)11-17-15-4-2-3-14-16-9-10-18(14)15/h2-4,9-10,12-13,17H,5-8,11H2,1H3. The zero-order valence-electron chi connectivity index (χ0n) is 11.0. The van der Waals surface area contributed by atoms with Gasteiger partial charge in [-0.1, -0.05) is 25.8 Å². The summed E-state index contributed by atoms with van der Waals surface area (Å²) in [6.45, 7) is 3.46. The molecule has 3 rings (SSSR count). The summed E-state index contributed by atoms with van der Waals surface area (Å²) in [5.41, 5.74) is 1.01. The topological polar surface area (TPSA) is 29.3 Å². The van der Waals surface area contributed by atoms with Crippen LogP contribution >= 0.6 is 0 Å². The Morgan fingerprint density at radius 3 is 2.94 bits per heavy atom. The van der Waals surface area contributed by atoms with Crippen molar-refractivity contribution < 1.29 is 0 Å². The van der Waals surface area contributed by atoms with Gasteiger partial charge in [0.2, 0.25) is 0 Å². The van der Waals surface area contributed by atoms with Crippen molar-refractivity contribution in [3.05, 3.63) is 30.6 Å². The largest absolute Gasteiger partial charge is 0.371 e. The van der Waals surface area contributed by atoms with Gasteiger partial charge in [-0.3, -0.25) is 4.40 Å². The highest BCUT2D eigenvalue weighted by atomic mass is 15.1. The van der Waals surface area contributed by atoms with E-state index >= 15 is 0 Å². The van der Waals surface area contributed by atoms with E-state index in [1.807, 2.05) is 18.5 Å². The molecular weight excluding hydrogens is 222 g/mol. The van der Waals surface area contributed by atoms with Gasteiger partial charge >= 0.3 is 0 Å². The van der Waals surface area contributed by atoms with Crippen LogP contribution in [-0.4, -0.2) is 15.9 Å². The lowest BCUT2D eigenvalue weighted by Gasteiger charge is -2.26. The van der Waals surface area contributed by atoms with Crippen molar-refractivity contribution in [2.24, 2.45) is 11.8 Å². The quantitative estimate of drug-likeness (QED) is 0.893. The van der Waals surface area contributed by atoms with Crippen LogP contribution in [0.25, 0.3) is 5.65 Å². The summed E-state index contributed by atoms with van der Waals surface area (Å²) in [7, 11) is 0. The number of nitrogens with zero attached hydrogens (tertiary/aromatic N) is 2. The Balaban J connectivity index is 1.64. The zero-order valence-corrected chi connectivity index (χ0v) is 11.0. The second-order valence-corrected chi connectivity index (χ2v) is 5.57. The maximum Gasteiger partial charge on any atom is 0.138 e. The molecule has 0 radical (unpaired) electrons. The fourth-order valence-corrected chi connectivity index (χ4v) is 2.87. The Labute approximate surface area is 108 Å². The van der Waals surface area contributed by atoms with Crippen molar-refractivity contribution >= 4 is 11.5 Å². The molecule has 1 N–H and O–H groups in total. The van der Waals surface area contributed by atoms with Crippen LogP contribution in [0.3, 0.4) is 0 Å². The maximum absolute atomic E-state index is 4.31. The fraction of sp³-hybridized carbons (Fsp3) is 0.533. The minimum atomic E-state index is 0.833. The predicted octanol–water partition coefficient (Wildman–Crippen LogP) is 3.57. The van der Waals surface area contributed by atoms with E-state index in [0.29, 0.717) is 0 Å². The average Bonchev–Trinajstić information content (AvgIpc) is 2.87. The van der Waals surface area contributed by atoms with Gasteiger partial charge in [-0.15, -0.1) is 0 Å². The van der Waals surface area contributed by atoms with Gasteiger partial charge in [-0.25, -0.2) is 4.98 Å². The summed E-state index contributed by atoms with van der Waals surface area (Å²) < 4.78 is 2.12. The van der Waals surface area contributed by atoms with Crippen LogP contribution < -0.4 is 5.32 Å². The molecule has 0 bridgehead atoms. The molecule has 2 heterocycles. The molecule has 0 aromatic carbocycles. The number of anilines is 1. The van der Waals surface area contributed by atoms with Crippen molar-refractivity contribution in [3.63, 3.8) is 0 Å². The van der Waals surface area contributed by atoms with E-state index in [1.165, 1.54) is 25.7 Å². The number of aromatic nitrogens is 2. The van der Waals surface area contributed by atoms with E-state index in [-0.39, 0.29) is 0 Å². The van der Waals surface area contributed by atoms with Gasteiger partial charge in [0.15, 0.2) is 0 Å². The van der Waals surface area contributed by atoms with Crippen LogP contribution in [0.1, 0.15) is 32.6 Å². The third-order valence-electron chi connectivity index (χ3n) is 4.14. The lowest BCUT2D eigenvalue weighted by atomic mass is 9.83. The van der Waals surface area contributed by atoms with Crippen LogP contribution in [0, 0.1) is 11.8 Å². The molecule has 1 aliphatic rings. The first-order chi connectivity index (χ1) is 8.83. The van der Waals surface area contributed by atoms with E-state index in [4.69, 9.17) is 0 Å². The fourth-order valence-electron chi connectivity index (χ4n) is 2.87. The van der Waals surface area contributed by atoms with Crippen molar-refractivity contribution in [1.82, 2.24) is 9.38 Å². The molecule has 96 valence electrons. The summed E-state index contributed by atoms with van der Waals surface area (Å²) in [6.07, 6.45) is 9.38. The molecule has 0 amide bonds. The molecule has 3 heteroatoms. The SMILES string of the molecule is CC1CCC(CNc2cccc3nccn23)CC1.